The van der Waals surface area contributed by atoms with Crippen molar-refractivity contribution in [2.75, 3.05) is 5.88 Å². The largest absolute Gasteiger partial charge is 0.300 e. The molecule has 0 amide bonds. The lowest BCUT2D eigenvalue weighted by atomic mass is 9.76. The van der Waals surface area contributed by atoms with Crippen molar-refractivity contribution < 1.29 is 4.79 Å². The van der Waals surface area contributed by atoms with E-state index in [1.54, 1.807) is 6.92 Å². The Hall–Kier alpha value is -0.820. The highest BCUT2D eigenvalue weighted by Gasteiger charge is 2.25. The first-order chi connectivity index (χ1) is 10.1. The van der Waals surface area contributed by atoms with Gasteiger partial charge in [-0.2, -0.15) is 0 Å². The van der Waals surface area contributed by atoms with E-state index in [4.69, 9.17) is 11.6 Å². The maximum absolute atomic E-state index is 11.6. The Bertz CT molecular complexity index is 401. The van der Waals surface area contributed by atoms with Crippen LogP contribution in [0, 0.1) is 5.41 Å². The number of rotatable bonds is 11. The molecule has 21 heavy (non-hydrogen) atoms. The summed E-state index contributed by atoms with van der Waals surface area (Å²) in [4.78, 5) is 11.6. The van der Waals surface area contributed by atoms with Crippen molar-refractivity contribution in [1.82, 2.24) is 0 Å². The molecule has 0 radical (unpaired) electrons. The fourth-order valence-corrected chi connectivity index (χ4v) is 3.18. The number of aryl methyl sites for hydroxylation is 1. The Kier molecular flexibility index (Phi) is 8.68. The van der Waals surface area contributed by atoms with Crippen molar-refractivity contribution in [3.63, 3.8) is 0 Å². The first kappa shape index (κ1) is 18.2. The van der Waals surface area contributed by atoms with Gasteiger partial charge in [0.1, 0.15) is 5.78 Å². The van der Waals surface area contributed by atoms with Crippen LogP contribution in [0.25, 0.3) is 0 Å². The third-order valence-corrected chi connectivity index (χ3v) is 4.47. The second kappa shape index (κ2) is 10.00. The molecule has 0 saturated carbocycles. The average molecular weight is 309 g/mol. The highest BCUT2D eigenvalue weighted by Crippen LogP contribution is 2.34. The van der Waals surface area contributed by atoms with Crippen LogP contribution in [0.3, 0.4) is 0 Å². The summed E-state index contributed by atoms with van der Waals surface area (Å²) >= 11 is 5.71. The Morgan fingerprint density at radius 3 is 2.33 bits per heavy atom. The molecule has 0 heterocycles. The molecule has 1 atom stereocenters. The molecule has 2 heteroatoms. The summed E-state index contributed by atoms with van der Waals surface area (Å²) in [5.41, 5.74) is 1.51. The minimum absolute atomic E-state index is 0.142. The number of hydrogen-bond acceptors (Lipinski definition) is 1. The van der Waals surface area contributed by atoms with Gasteiger partial charge in [-0.15, -0.1) is 11.6 Å². The van der Waals surface area contributed by atoms with E-state index in [0.29, 0.717) is 12.2 Å². The number of carbonyl (C=O) groups excluding carboxylic acids is 1. The van der Waals surface area contributed by atoms with Gasteiger partial charge in [0.15, 0.2) is 0 Å². The van der Waals surface area contributed by atoms with Gasteiger partial charge >= 0.3 is 0 Å². The zero-order valence-corrected chi connectivity index (χ0v) is 14.3. The van der Waals surface area contributed by atoms with Crippen LogP contribution in [0.15, 0.2) is 30.3 Å². The topological polar surface area (TPSA) is 17.1 Å². The Labute approximate surface area is 135 Å². The van der Waals surface area contributed by atoms with Crippen molar-refractivity contribution in [1.29, 1.82) is 0 Å². The number of unbranched alkanes of at least 4 members (excludes halogenated alkanes) is 3. The van der Waals surface area contributed by atoms with E-state index in [1.807, 2.05) is 0 Å². The van der Waals surface area contributed by atoms with E-state index in [0.717, 1.165) is 31.6 Å². The lowest BCUT2D eigenvalue weighted by molar-refractivity contribution is -0.119. The third-order valence-electron chi connectivity index (χ3n) is 4.20. The second-order valence-corrected chi connectivity index (χ2v) is 6.91. The van der Waals surface area contributed by atoms with Crippen LogP contribution in [0.1, 0.15) is 64.4 Å². The maximum Gasteiger partial charge on any atom is 0.130 e. The monoisotopic (exact) mass is 308 g/mol. The fraction of sp³-hybridized carbons (Fsp3) is 0.632. The zero-order valence-electron chi connectivity index (χ0n) is 13.5. The highest BCUT2D eigenvalue weighted by molar-refractivity contribution is 6.17. The number of alkyl halides is 1. The van der Waals surface area contributed by atoms with Crippen molar-refractivity contribution in [2.24, 2.45) is 5.41 Å². The lowest BCUT2D eigenvalue weighted by Gasteiger charge is -2.29. The van der Waals surface area contributed by atoms with Crippen LogP contribution in [-0.2, 0) is 11.2 Å². The summed E-state index contributed by atoms with van der Waals surface area (Å²) in [5.74, 6) is 1.07. The predicted octanol–water partition coefficient (Wildman–Crippen LogP) is 5.79. The minimum atomic E-state index is 0.142. The molecule has 0 unspecified atom stereocenters. The maximum atomic E-state index is 11.6. The quantitative estimate of drug-likeness (QED) is 0.373. The first-order valence-electron chi connectivity index (χ1n) is 8.15. The molecule has 1 aromatic carbocycles. The minimum Gasteiger partial charge on any atom is -0.300 e. The molecule has 1 nitrogen and oxygen atoms in total. The van der Waals surface area contributed by atoms with E-state index in [1.165, 1.54) is 24.8 Å². The number of halogens is 1. The smallest absolute Gasteiger partial charge is 0.130 e. The van der Waals surface area contributed by atoms with Gasteiger partial charge in [-0.05, 0) is 43.6 Å². The Morgan fingerprint density at radius 1 is 1.05 bits per heavy atom. The highest BCUT2D eigenvalue weighted by atomic mass is 35.5. The molecule has 0 saturated heterocycles. The van der Waals surface area contributed by atoms with Crippen molar-refractivity contribution in [2.45, 2.75) is 65.2 Å². The molecule has 1 aromatic rings. The zero-order chi connectivity index (χ0) is 15.6. The fourth-order valence-electron chi connectivity index (χ4n) is 2.99. The molecular weight excluding hydrogens is 280 g/mol. The van der Waals surface area contributed by atoms with E-state index in [-0.39, 0.29) is 5.41 Å². The van der Waals surface area contributed by atoms with Crippen LogP contribution in [-0.4, -0.2) is 11.7 Å². The molecule has 0 aliphatic heterocycles. The molecule has 0 aliphatic rings. The van der Waals surface area contributed by atoms with Gasteiger partial charge in [-0.3, -0.25) is 0 Å². The van der Waals surface area contributed by atoms with Crippen LogP contribution in [0.2, 0.25) is 0 Å². The van der Waals surface area contributed by atoms with Crippen LogP contribution in [0.5, 0.6) is 0 Å². The van der Waals surface area contributed by atoms with E-state index in [2.05, 4.69) is 37.3 Å². The summed E-state index contributed by atoms with van der Waals surface area (Å²) in [7, 11) is 0. The lowest BCUT2D eigenvalue weighted by Crippen LogP contribution is -2.21. The normalized spacial score (nSPS) is 13.9. The average Bonchev–Trinajstić information content (AvgIpc) is 2.45. The van der Waals surface area contributed by atoms with Gasteiger partial charge in [0.2, 0.25) is 0 Å². The predicted molar refractivity (Wildman–Crippen MR) is 92.0 cm³/mol. The third kappa shape index (κ3) is 8.26. The molecular formula is C19H29ClO. The molecule has 1 rings (SSSR count). The Balaban J connectivity index is 2.46. The molecule has 0 spiro atoms. The molecule has 0 N–H and O–H groups in total. The SMILES string of the molecule is CC(=O)C[C@](C)(CCCCCCCl)CCc1ccccc1. The van der Waals surface area contributed by atoms with Crippen molar-refractivity contribution in [3.05, 3.63) is 35.9 Å². The first-order valence-corrected chi connectivity index (χ1v) is 8.68. The number of ketones is 1. The van der Waals surface area contributed by atoms with Crippen LogP contribution >= 0.6 is 11.6 Å². The van der Waals surface area contributed by atoms with Gasteiger partial charge in [0.25, 0.3) is 0 Å². The summed E-state index contributed by atoms with van der Waals surface area (Å²) in [6.07, 6.45) is 8.74. The number of hydrogen-bond donors (Lipinski definition) is 0. The van der Waals surface area contributed by atoms with Gasteiger partial charge in [-0.1, -0.05) is 56.5 Å². The van der Waals surface area contributed by atoms with E-state index in [9.17, 15) is 4.79 Å². The molecule has 0 aromatic heterocycles. The van der Waals surface area contributed by atoms with Gasteiger partial charge < -0.3 is 4.79 Å². The summed E-state index contributed by atoms with van der Waals surface area (Å²) in [6.45, 7) is 3.99. The van der Waals surface area contributed by atoms with Crippen molar-refractivity contribution in [3.8, 4) is 0 Å². The van der Waals surface area contributed by atoms with Gasteiger partial charge in [-0.25, -0.2) is 0 Å². The van der Waals surface area contributed by atoms with Crippen molar-refractivity contribution >= 4 is 17.4 Å². The Morgan fingerprint density at radius 2 is 1.71 bits per heavy atom. The standard InChI is InChI=1S/C19H29ClO/c1-17(21)16-19(2,13-8-3-4-9-15-20)14-12-18-10-6-5-7-11-18/h5-7,10-11H,3-4,8-9,12-16H2,1-2H3/t19-/m1/s1. The number of benzene rings is 1. The van der Waals surface area contributed by atoms with Crippen LogP contribution in [0.4, 0.5) is 0 Å². The molecule has 118 valence electrons. The summed E-state index contributed by atoms with van der Waals surface area (Å²) in [6, 6.07) is 10.6. The second-order valence-electron chi connectivity index (χ2n) is 6.53. The van der Waals surface area contributed by atoms with E-state index >= 15 is 0 Å². The van der Waals surface area contributed by atoms with Crippen LogP contribution < -0.4 is 0 Å². The van der Waals surface area contributed by atoms with E-state index < -0.39 is 0 Å². The van der Waals surface area contributed by atoms with Gasteiger partial charge in [0, 0.05) is 12.3 Å². The molecule has 0 aliphatic carbocycles. The summed E-state index contributed by atoms with van der Waals surface area (Å²) < 4.78 is 0. The molecule has 0 bridgehead atoms. The molecule has 0 fully saturated rings. The van der Waals surface area contributed by atoms with Gasteiger partial charge in [0.05, 0.1) is 0 Å². The summed E-state index contributed by atoms with van der Waals surface area (Å²) in [5, 5.41) is 0. The number of Topliss-reactive ketones (excluding diaryl/α,β-unsaturated/α-hetero) is 1. The number of carbonyl (C=O) groups is 1.